The van der Waals surface area contributed by atoms with Gasteiger partial charge < -0.3 is 4.74 Å². The zero-order valence-electron chi connectivity index (χ0n) is 9.56. The SMILES string of the molecule is Cc1ccc(S(=O)OCC2(C)COC2)cc1. The van der Waals surface area contributed by atoms with Crippen molar-refractivity contribution >= 4 is 11.1 Å². The molecule has 0 aromatic heterocycles. The lowest BCUT2D eigenvalue weighted by atomic mass is 9.90. The van der Waals surface area contributed by atoms with Crippen LogP contribution in [0.1, 0.15) is 12.5 Å². The second-order valence-corrected chi connectivity index (χ2v) is 5.79. The molecule has 0 radical (unpaired) electrons. The van der Waals surface area contributed by atoms with Crippen molar-refractivity contribution in [2.24, 2.45) is 5.41 Å². The molecule has 2 rings (SSSR count). The van der Waals surface area contributed by atoms with Crippen LogP contribution >= 0.6 is 0 Å². The maximum atomic E-state index is 11.8. The van der Waals surface area contributed by atoms with Crippen molar-refractivity contribution in [3.8, 4) is 0 Å². The van der Waals surface area contributed by atoms with Crippen molar-refractivity contribution in [3.05, 3.63) is 29.8 Å². The highest BCUT2D eigenvalue weighted by atomic mass is 32.2. The number of hydrogen-bond donors (Lipinski definition) is 0. The van der Waals surface area contributed by atoms with E-state index in [0.717, 1.165) is 10.5 Å². The summed E-state index contributed by atoms with van der Waals surface area (Å²) in [7, 11) is 0. The average molecular weight is 240 g/mol. The lowest BCUT2D eigenvalue weighted by molar-refractivity contribution is -0.118. The van der Waals surface area contributed by atoms with Crippen LogP contribution in [0.3, 0.4) is 0 Å². The van der Waals surface area contributed by atoms with Gasteiger partial charge in [-0.15, -0.1) is 0 Å². The number of benzene rings is 1. The predicted octanol–water partition coefficient (Wildman–Crippen LogP) is 2.07. The molecule has 16 heavy (non-hydrogen) atoms. The van der Waals surface area contributed by atoms with Crippen LogP contribution in [-0.2, 0) is 20.0 Å². The number of ether oxygens (including phenoxy) is 1. The lowest BCUT2D eigenvalue weighted by Gasteiger charge is -2.37. The first-order valence-corrected chi connectivity index (χ1v) is 6.36. The van der Waals surface area contributed by atoms with Crippen LogP contribution in [0.4, 0.5) is 0 Å². The van der Waals surface area contributed by atoms with Crippen LogP contribution < -0.4 is 0 Å². The Bertz CT molecular complexity index is 382. The van der Waals surface area contributed by atoms with E-state index in [1.165, 1.54) is 0 Å². The molecule has 4 heteroatoms. The molecule has 1 heterocycles. The molecular formula is C12H16O3S. The number of hydrogen-bond acceptors (Lipinski definition) is 3. The van der Waals surface area contributed by atoms with Gasteiger partial charge in [-0.1, -0.05) is 24.6 Å². The van der Waals surface area contributed by atoms with Crippen LogP contribution in [0.15, 0.2) is 29.2 Å². The smallest absolute Gasteiger partial charge is 0.189 e. The van der Waals surface area contributed by atoms with Gasteiger partial charge in [-0.25, -0.2) is 4.21 Å². The van der Waals surface area contributed by atoms with Crippen LogP contribution in [-0.4, -0.2) is 24.0 Å². The molecule has 1 fully saturated rings. The van der Waals surface area contributed by atoms with E-state index >= 15 is 0 Å². The van der Waals surface area contributed by atoms with Crippen molar-refractivity contribution in [2.45, 2.75) is 18.7 Å². The fourth-order valence-corrected chi connectivity index (χ4v) is 2.33. The van der Waals surface area contributed by atoms with E-state index in [-0.39, 0.29) is 5.41 Å². The Balaban J connectivity index is 1.90. The minimum atomic E-state index is -1.36. The Morgan fingerprint density at radius 1 is 1.38 bits per heavy atom. The molecule has 1 aliphatic heterocycles. The molecule has 3 nitrogen and oxygen atoms in total. The third kappa shape index (κ3) is 2.70. The van der Waals surface area contributed by atoms with Gasteiger partial charge in [-0.05, 0) is 19.1 Å². The Hall–Kier alpha value is -0.710. The summed E-state index contributed by atoms with van der Waals surface area (Å²) >= 11 is -1.36. The van der Waals surface area contributed by atoms with Gasteiger partial charge in [0.25, 0.3) is 0 Å². The summed E-state index contributed by atoms with van der Waals surface area (Å²) in [6.07, 6.45) is 0. The summed E-state index contributed by atoms with van der Waals surface area (Å²) in [5.41, 5.74) is 1.19. The van der Waals surface area contributed by atoms with Crippen molar-refractivity contribution in [1.82, 2.24) is 0 Å². The zero-order chi connectivity index (χ0) is 11.6. The Kier molecular flexibility index (Phi) is 3.42. The maximum absolute atomic E-state index is 11.8. The van der Waals surface area contributed by atoms with Crippen LogP contribution in [0.2, 0.25) is 0 Å². The first-order valence-electron chi connectivity index (χ1n) is 5.29. The van der Waals surface area contributed by atoms with Crippen LogP contribution in [0, 0.1) is 12.3 Å². The molecule has 1 atom stereocenters. The zero-order valence-corrected chi connectivity index (χ0v) is 10.4. The van der Waals surface area contributed by atoms with E-state index in [9.17, 15) is 4.21 Å². The van der Waals surface area contributed by atoms with E-state index in [4.69, 9.17) is 8.92 Å². The normalized spacial score (nSPS) is 20.1. The monoisotopic (exact) mass is 240 g/mol. The molecule has 0 bridgehead atoms. The van der Waals surface area contributed by atoms with E-state index in [1.807, 2.05) is 31.2 Å². The quantitative estimate of drug-likeness (QED) is 0.808. The van der Waals surface area contributed by atoms with Crippen molar-refractivity contribution in [1.29, 1.82) is 0 Å². The summed E-state index contributed by atoms with van der Waals surface area (Å²) in [5, 5.41) is 0. The van der Waals surface area contributed by atoms with Crippen LogP contribution in [0.25, 0.3) is 0 Å². The predicted molar refractivity (Wildman–Crippen MR) is 62.5 cm³/mol. The molecule has 0 spiro atoms. The highest BCUT2D eigenvalue weighted by molar-refractivity contribution is 7.80. The van der Waals surface area contributed by atoms with Gasteiger partial charge in [0.1, 0.15) is 0 Å². The van der Waals surface area contributed by atoms with E-state index in [1.54, 1.807) is 0 Å². The minimum Gasteiger partial charge on any atom is -0.380 e. The molecule has 1 unspecified atom stereocenters. The molecule has 0 amide bonds. The molecule has 0 N–H and O–H groups in total. The van der Waals surface area contributed by atoms with Crippen molar-refractivity contribution in [2.75, 3.05) is 19.8 Å². The van der Waals surface area contributed by atoms with Crippen LogP contribution in [0.5, 0.6) is 0 Å². The van der Waals surface area contributed by atoms with E-state index < -0.39 is 11.1 Å². The molecule has 1 aromatic rings. The molecule has 0 saturated carbocycles. The second kappa shape index (κ2) is 4.65. The van der Waals surface area contributed by atoms with Gasteiger partial charge in [0, 0.05) is 5.41 Å². The minimum absolute atomic E-state index is 0.0420. The third-order valence-electron chi connectivity index (χ3n) is 2.63. The lowest BCUT2D eigenvalue weighted by Crippen LogP contribution is -2.43. The summed E-state index contributed by atoms with van der Waals surface area (Å²) < 4.78 is 22.3. The highest BCUT2D eigenvalue weighted by Crippen LogP contribution is 2.27. The topological polar surface area (TPSA) is 35.5 Å². The van der Waals surface area contributed by atoms with E-state index in [2.05, 4.69) is 6.92 Å². The van der Waals surface area contributed by atoms with Gasteiger partial charge >= 0.3 is 0 Å². The summed E-state index contributed by atoms with van der Waals surface area (Å²) in [4.78, 5) is 0.717. The Morgan fingerprint density at radius 3 is 2.50 bits per heavy atom. The van der Waals surface area contributed by atoms with Crippen molar-refractivity contribution < 1.29 is 13.1 Å². The third-order valence-corrected chi connectivity index (χ3v) is 3.62. The highest BCUT2D eigenvalue weighted by Gasteiger charge is 2.34. The fourth-order valence-electron chi connectivity index (χ4n) is 1.45. The Morgan fingerprint density at radius 2 is 2.00 bits per heavy atom. The van der Waals surface area contributed by atoms with Gasteiger partial charge in [-0.3, -0.25) is 4.18 Å². The molecule has 0 aliphatic carbocycles. The van der Waals surface area contributed by atoms with Gasteiger partial charge in [0.05, 0.1) is 24.7 Å². The maximum Gasteiger partial charge on any atom is 0.189 e. The van der Waals surface area contributed by atoms with Crippen molar-refractivity contribution in [3.63, 3.8) is 0 Å². The molecule has 1 aliphatic rings. The summed E-state index contributed by atoms with van der Waals surface area (Å²) in [6, 6.07) is 7.55. The first-order chi connectivity index (χ1) is 7.59. The van der Waals surface area contributed by atoms with Gasteiger partial charge in [0.15, 0.2) is 11.1 Å². The first kappa shape index (κ1) is 11.8. The van der Waals surface area contributed by atoms with Gasteiger partial charge in [-0.2, -0.15) is 0 Å². The molecule has 88 valence electrons. The molecular weight excluding hydrogens is 224 g/mol. The fraction of sp³-hybridized carbons (Fsp3) is 0.500. The second-order valence-electron chi connectivity index (χ2n) is 4.61. The van der Waals surface area contributed by atoms with Gasteiger partial charge in [0.2, 0.25) is 0 Å². The summed E-state index contributed by atoms with van der Waals surface area (Å²) in [6.45, 7) is 5.94. The standard InChI is InChI=1S/C12H16O3S/c1-10-3-5-11(6-4-10)16(13)15-9-12(2)7-14-8-12/h3-6H,7-9H2,1-2H3. The average Bonchev–Trinajstić information content (AvgIpc) is 2.24. The van der Waals surface area contributed by atoms with E-state index in [0.29, 0.717) is 19.8 Å². The molecule has 1 saturated heterocycles. The summed E-state index contributed by atoms with van der Waals surface area (Å²) in [5.74, 6) is 0. The number of aryl methyl sites for hydroxylation is 1. The Labute approximate surface area is 98.4 Å². The number of rotatable bonds is 4. The molecule has 1 aromatic carbocycles. The largest absolute Gasteiger partial charge is 0.380 e.